The van der Waals surface area contributed by atoms with Gasteiger partial charge in [-0.2, -0.15) is 12.6 Å². The summed E-state index contributed by atoms with van der Waals surface area (Å²) in [5.41, 5.74) is 3.17. The van der Waals surface area contributed by atoms with E-state index in [0.29, 0.717) is 42.8 Å². The van der Waals surface area contributed by atoms with Crippen LogP contribution in [0.4, 0.5) is 0 Å². The van der Waals surface area contributed by atoms with Crippen LogP contribution in [0.1, 0.15) is 36.0 Å². The average Bonchev–Trinajstić information content (AvgIpc) is 3.08. The maximum Gasteiger partial charge on any atom is 0.220 e. The highest BCUT2D eigenvalue weighted by Crippen LogP contribution is 2.68. The first-order valence-electron chi connectivity index (χ1n) is 11.6. The first-order chi connectivity index (χ1) is 15.2. The molecule has 2 N–H and O–H groups in total. The molecule has 2 aliphatic heterocycles. The molecule has 4 atom stereocenters. The number of nitrogens with one attached hydrogen (secondary N) is 1. The highest BCUT2D eigenvalue weighted by Gasteiger charge is 2.65. The number of allylic oxidation sites excluding steroid dienone is 1. The molecule has 1 spiro atoms. The number of carbonyl (C=O) groups is 1. The number of likely N-dealkylation sites (N-methyl/N-ethyl adjacent to an activating group) is 1. The van der Waals surface area contributed by atoms with Gasteiger partial charge in [0.15, 0.2) is 11.5 Å². The Balaban J connectivity index is 1.61. The number of amides is 1. The Kier molecular flexibility index (Phi) is 5.46. The molecule has 1 aromatic rings. The molecule has 1 aromatic carbocycles. The molecule has 8 heteroatoms. The van der Waals surface area contributed by atoms with Gasteiger partial charge >= 0.3 is 0 Å². The molecule has 4 unspecified atom stereocenters. The number of carbonyl (C=O) groups excluding carboxylic acids is 1. The Hall–Kier alpha value is -1.43. The highest BCUT2D eigenvalue weighted by molar-refractivity contribution is 7.80. The van der Waals surface area contributed by atoms with Gasteiger partial charge in [-0.05, 0) is 75.7 Å². The molecule has 174 valence electrons. The second-order valence-corrected chi connectivity index (χ2v) is 13.8. The predicted molar refractivity (Wildman–Crippen MR) is 130 cm³/mol. The van der Waals surface area contributed by atoms with Crippen molar-refractivity contribution < 1.29 is 19.2 Å². The smallest absolute Gasteiger partial charge is 0.220 e. The van der Waals surface area contributed by atoms with Crippen LogP contribution in [-0.2, 0) is 27.6 Å². The minimum Gasteiger partial charge on any atom is -0.504 e. The molecule has 32 heavy (non-hydrogen) atoms. The van der Waals surface area contributed by atoms with Crippen molar-refractivity contribution in [3.05, 3.63) is 34.1 Å². The van der Waals surface area contributed by atoms with Gasteiger partial charge in [0.05, 0.1) is 0 Å². The summed E-state index contributed by atoms with van der Waals surface area (Å²) in [7, 11) is -0.308. The van der Waals surface area contributed by atoms with Gasteiger partial charge in [-0.25, -0.2) is 0 Å². The molecule has 0 radical (unpaired) electrons. The zero-order valence-corrected chi connectivity index (χ0v) is 20.8. The van der Waals surface area contributed by atoms with Gasteiger partial charge < -0.3 is 24.6 Å². The molecule has 0 saturated carbocycles. The Labute approximate surface area is 195 Å². The summed E-state index contributed by atoms with van der Waals surface area (Å²) in [6.45, 7) is 5.17. The van der Waals surface area contributed by atoms with E-state index in [4.69, 9.17) is 4.74 Å². The van der Waals surface area contributed by atoms with E-state index in [-0.39, 0.29) is 23.2 Å². The lowest BCUT2D eigenvalue weighted by atomic mass is 9.53. The number of phenols is 1. The van der Waals surface area contributed by atoms with Gasteiger partial charge in [0.1, 0.15) is 13.2 Å². The number of hydrogen-bond acceptors (Lipinski definition) is 6. The molecular formula is C24H33N2O4PS. The fourth-order valence-corrected chi connectivity index (χ4v) is 8.26. The molecule has 1 amide bonds. The number of hydrogen-bond donors (Lipinski definition) is 3. The fraction of sp³-hybridized carbons (Fsp3) is 0.625. The van der Waals surface area contributed by atoms with Crippen LogP contribution in [0.5, 0.6) is 11.5 Å². The maximum atomic E-state index is 13.2. The van der Waals surface area contributed by atoms with Crippen molar-refractivity contribution in [2.24, 2.45) is 5.92 Å². The molecule has 6 nitrogen and oxygen atoms in total. The minimum atomic E-state index is -2.51. The van der Waals surface area contributed by atoms with Crippen molar-refractivity contribution in [3.63, 3.8) is 0 Å². The highest BCUT2D eigenvalue weighted by atomic mass is 32.1. The van der Waals surface area contributed by atoms with Crippen LogP contribution in [0.15, 0.2) is 17.5 Å². The molecule has 1 saturated heterocycles. The third-order valence-electron chi connectivity index (χ3n) is 8.14. The third-order valence-corrected chi connectivity index (χ3v) is 10.0. The zero-order chi connectivity index (χ0) is 22.8. The van der Waals surface area contributed by atoms with E-state index < -0.39 is 7.14 Å². The maximum absolute atomic E-state index is 13.2. The van der Waals surface area contributed by atoms with Crippen molar-refractivity contribution in [2.75, 3.05) is 39.2 Å². The molecule has 0 aromatic heterocycles. The molecule has 1 fully saturated rings. The first kappa shape index (κ1) is 22.4. The number of nitrogens with zero attached hydrogens (tertiary/aromatic N) is 1. The predicted octanol–water partition coefficient (Wildman–Crippen LogP) is 3.16. The van der Waals surface area contributed by atoms with Crippen LogP contribution in [0.3, 0.4) is 0 Å². The van der Waals surface area contributed by atoms with Crippen molar-refractivity contribution in [1.82, 2.24) is 10.2 Å². The quantitative estimate of drug-likeness (QED) is 0.434. The van der Waals surface area contributed by atoms with E-state index in [1.807, 2.05) is 13.3 Å². The zero-order valence-electron chi connectivity index (χ0n) is 19.1. The van der Waals surface area contributed by atoms with Crippen LogP contribution in [0, 0.1) is 5.92 Å². The lowest BCUT2D eigenvalue weighted by Crippen LogP contribution is -2.63. The first-order valence-corrected chi connectivity index (χ1v) is 14.8. The summed E-state index contributed by atoms with van der Waals surface area (Å²) in [5, 5.41) is 14.8. The monoisotopic (exact) mass is 476 g/mol. The molecule has 2 bridgehead atoms. The lowest BCUT2D eigenvalue weighted by Gasteiger charge is -2.57. The normalized spacial score (nSPS) is 30.4. The Morgan fingerprint density at radius 2 is 2.22 bits per heavy atom. The number of piperidine rings is 1. The van der Waals surface area contributed by atoms with Gasteiger partial charge in [-0.3, -0.25) is 4.79 Å². The third kappa shape index (κ3) is 3.19. The lowest BCUT2D eigenvalue weighted by molar-refractivity contribution is -0.120. The van der Waals surface area contributed by atoms with E-state index in [0.717, 1.165) is 42.2 Å². The molecular weight excluding hydrogens is 443 g/mol. The number of ether oxygens (including phenoxy) is 1. The average molecular weight is 477 g/mol. The van der Waals surface area contributed by atoms with E-state index in [1.165, 1.54) is 5.56 Å². The van der Waals surface area contributed by atoms with Crippen LogP contribution in [0.25, 0.3) is 0 Å². The summed E-state index contributed by atoms with van der Waals surface area (Å²) in [6, 6.07) is 2.17. The number of thiol groups is 1. The van der Waals surface area contributed by atoms with Crippen molar-refractivity contribution >= 4 is 25.7 Å². The van der Waals surface area contributed by atoms with Crippen LogP contribution < -0.4 is 10.1 Å². The summed E-state index contributed by atoms with van der Waals surface area (Å²) < 4.78 is 19.8. The van der Waals surface area contributed by atoms with Gasteiger partial charge in [0, 0.05) is 41.1 Å². The Morgan fingerprint density at radius 1 is 1.44 bits per heavy atom. The molecule has 2 heterocycles. The largest absolute Gasteiger partial charge is 0.504 e. The summed E-state index contributed by atoms with van der Waals surface area (Å²) in [5.74, 6) is 1.73. The van der Waals surface area contributed by atoms with Gasteiger partial charge in [0.2, 0.25) is 5.91 Å². The summed E-state index contributed by atoms with van der Waals surface area (Å²) >= 11 is 4.15. The summed E-state index contributed by atoms with van der Waals surface area (Å²) in [6.07, 6.45) is 5.58. The SMILES string of the molecule is CN1CCC23c4c5c(CCC(=O)NCCS)cc(O)c4OC2C(P(C)(C)=O)=CCC3C1C5. The second kappa shape index (κ2) is 7.82. The molecule has 2 aliphatic carbocycles. The van der Waals surface area contributed by atoms with Crippen molar-refractivity contribution in [1.29, 1.82) is 0 Å². The fourth-order valence-electron chi connectivity index (χ4n) is 6.75. The molecule has 5 rings (SSSR count). The van der Waals surface area contributed by atoms with Crippen molar-refractivity contribution in [3.8, 4) is 11.5 Å². The number of benzene rings is 1. The number of rotatable bonds is 6. The minimum absolute atomic E-state index is 0.00492. The summed E-state index contributed by atoms with van der Waals surface area (Å²) in [4.78, 5) is 14.7. The van der Waals surface area contributed by atoms with Gasteiger partial charge in [-0.15, -0.1) is 0 Å². The van der Waals surface area contributed by atoms with E-state index in [9.17, 15) is 14.5 Å². The number of likely N-dealkylation sites (tertiary alicyclic amines) is 1. The van der Waals surface area contributed by atoms with E-state index in [1.54, 1.807) is 6.07 Å². The van der Waals surface area contributed by atoms with Crippen molar-refractivity contribution in [2.45, 2.75) is 49.7 Å². The Bertz CT molecular complexity index is 1050. The molecule has 4 aliphatic rings. The number of aromatic hydroxyl groups is 1. The second-order valence-electron chi connectivity index (χ2n) is 10.2. The Morgan fingerprint density at radius 3 is 2.94 bits per heavy atom. The van der Waals surface area contributed by atoms with E-state index in [2.05, 4.69) is 36.0 Å². The van der Waals surface area contributed by atoms with Crippen LogP contribution >= 0.6 is 19.8 Å². The van der Waals surface area contributed by atoms with Crippen LogP contribution in [0.2, 0.25) is 0 Å². The standard InChI is InChI=1S/C24H33N2O4PS/c1-26-10-8-24-16-5-6-19(31(2,3)29)23(24)30-22-18(27)12-14(4-7-20(28)25-9-11-32)15(21(22)24)13-17(16)26/h6,12,16-17,23,27,32H,4-5,7-11,13H2,1-3H3,(H,25,28). The van der Waals surface area contributed by atoms with Crippen LogP contribution in [-0.4, -0.2) is 67.3 Å². The van der Waals surface area contributed by atoms with Gasteiger partial charge in [-0.1, -0.05) is 6.08 Å². The number of phenolic OH excluding ortho intramolecular Hbond substituents is 1. The van der Waals surface area contributed by atoms with Gasteiger partial charge in [0.25, 0.3) is 0 Å². The van der Waals surface area contributed by atoms with E-state index >= 15 is 0 Å². The topological polar surface area (TPSA) is 78.9 Å². The number of aryl methyl sites for hydroxylation is 1.